The van der Waals surface area contributed by atoms with Crippen LogP contribution in [-0.4, -0.2) is 61.8 Å². The molecule has 1 amide bonds. The number of aliphatic hydroxyl groups is 2. The summed E-state index contributed by atoms with van der Waals surface area (Å²) in [5.74, 6) is -1.52. The molecule has 0 unspecified atom stereocenters. The second kappa shape index (κ2) is 6.22. The number of hydrogen-bond acceptors (Lipinski definition) is 8. The van der Waals surface area contributed by atoms with Gasteiger partial charge < -0.3 is 25.4 Å². The lowest BCUT2D eigenvalue weighted by molar-refractivity contribution is -0.159. The molecule has 2 heterocycles. The third-order valence-electron chi connectivity index (χ3n) is 3.32. The Balaban J connectivity index is 2.03. The zero-order chi connectivity index (χ0) is 17.4. The van der Waals surface area contributed by atoms with Crippen molar-refractivity contribution in [3.05, 3.63) is 12.2 Å². The molecule has 1 aromatic rings. The summed E-state index contributed by atoms with van der Waals surface area (Å²) in [7, 11) is 0. The molecule has 0 aliphatic carbocycles. The number of carbonyl (C=O) groups excluding carboxylic acids is 2. The van der Waals surface area contributed by atoms with E-state index in [-0.39, 0.29) is 12.4 Å². The minimum atomic E-state index is -1.32. The van der Waals surface area contributed by atoms with Crippen molar-refractivity contribution in [2.75, 3.05) is 6.61 Å². The van der Waals surface area contributed by atoms with E-state index in [0.29, 0.717) is 0 Å². The van der Waals surface area contributed by atoms with Crippen molar-refractivity contribution in [3.63, 3.8) is 0 Å². The van der Waals surface area contributed by atoms with Gasteiger partial charge in [0, 0.05) is 0 Å². The Hall–Kier alpha value is -2.04. The van der Waals surface area contributed by atoms with Crippen LogP contribution in [0, 0.1) is 5.41 Å². The number of nitrogens with zero attached hydrogens (tertiary/aromatic N) is 3. The Morgan fingerprint density at radius 2 is 2.04 bits per heavy atom. The summed E-state index contributed by atoms with van der Waals surface area (Å²) < 4.78 is 11.6. The first-order chi connectivity index (χ1) is 10.6. The zero-order valence-corrected chi connectivity index (χ0v) is 13.0. The van der Waals surface area contributed by atoms with Crippen molar-refractivity contribution in [1.29, 1.82) is 0 Å². The number of esters is 1. The normalized spacial score (nSPS) is 27.9. The third-order valence-corrected chi connectivity index (χ3v) is 3.32. The number of carbonyl (C=O) groups is 2. The smallest absolute Gasteiger partial charge is 0.311 e. The average Bonchev–Trinajstić information content (AvgIpc) is 3.03. The van der Waals surface area contributed by atoms with Gasteiger partial charge in [-0.1, -0.05) is 0 Å². The van der Waals surface area contributed by atoms with E-state index in [1.54, 1.807) is 20.8 Å². The predicted octanol–water partition coefficient (Wildman–Crippen LogP) is -1.41. The highest BCUT2D eigenvalue weighted by atomic mass is 16.6. The van der Waals surface area contributed by atoms with Crippen LogP contribution in [0.2, 0.25) is 0 Å². The topological polar surface area (TPSA) is 150 Å². The molecule has 23 heavy (non-hydrogen) atoms. The Labute approximate surface area is 132 Å². The first-order valence-electron chi connectivity index (χ1n) is 7.01. The molecule has 0 radical (unpaired) electrons. The van der Waals surface area contributed by atoms with E-state index in [1.165, 1.54) is 0 Å². The number of amides is 1. The fraction of sp³-hybridized carbons (Fsp3) is 0.692. The van der Waals surface area contributed by atoms with Crippen LogP contribution in [0.5, 0.6) is 0 Å². The molecule has 0 bridgehead atoms. The SMILES string of the molecule is CC(C)(C)C(=O)OC[C@H]1O[C@@H](n2cnc(C(N)=O)n2)[C@@H](O)[C@@H]1O. The lowest BCUT2D eigenvalue weighted by Gasteiger charge is -2.20. The van der Waals surface area contributed by atoms with Crippen LogP contribution >= 0.6 is 0 Å². The number of nitrogens with two attached hydrogens (primary N) is 1. The van der Waals surface area contributed by atoms with Gasteiger partial charge in [0.15, 0.2) is 6.23 Å². The molecule has 1 aliphatic heterocycles. The van der Waals surface area contributed by atoms with Gasteiger partial charge in [-0.25, -0.2) is 9.67 Å². The molecule has 128 valence electrons. The largest absolute Gasteiger partial charge is 0.462 e. The molecule has 1 fully saturated rings. The summed E-state index contributed by atoms with van der Waals surface area (Å²) in [5, 5.41) is 23.8. The van der Waals surface area contributed by atoms with E-state index in [0.717, 1.165) is 11.0 Å². The molecular weight excluding hydrogens is 308 g/mol. The monoisotopic (exact) mass is 328 g/mol. The third kappa shape index (κ3) is 3.66. The molecule has 1 aromatic heterocycles. The Morgan fingerprint density at radius 3 is 2.57 bits per heavy atom. The first-order valence-corrected chi connectivity index (χ1v) is 7.01. The van der Waals surface area contributed by atoms with Crippen molar-refractivity contribution in [1.82, 2.24) is 14.8 Å². The van der Waals surface area contributed by atoms with E-state index >= 15 is 0 Å². The van der Waals surface area contributed by atoms with Gasteiger partial charge in [-0.2, -0.15) is 0 Å². The standard InChI is InChI=1S/C13H20N4O6/c1-13(2,3)12(21)22-4-6-7(18)8(19)11(23-6)17-5-15-10(16-17)9(14)20/h5-8,11,18-19H,4H2,1-3H3,(H2,14,20)/t6-,7-,8+,11-/m1/s1. The van der Waals surface area contributed by atoms with E-state index < -0.39 is 41.8 Å². The Kier molecular flexibility index (Phi) is 4.68. The van der Waals surface area contributed by atoms with Gasteiger partial charge in [-0.15, -0.1) is 5.10 Å². The quantitative estimate of drug-likeness (QED) is 0.570. The summed E-state index contributed by atoms with van der Waals surface area (Å²) in [4.78, 5) is 26.4. The van der Waals surface area contributed by atoms with Crippen LogP contribution in [0.25, 0.3) is 0 Å². The Morgan fingerprint density at radius 1 is 1.39 bits per heavy atom. The van der Waals surface area contributed by atoms with Crippen LogP contribution in [0.15, 0.2) is 6.33 Å². The number of aliphatic hydroxyl groups excluding tert-OH is 2. The molecule has 10 heteroatoms. The van der Waals surface area contributed by atoms with Crippen LogP contribution < -0.4 is 5.73 Å². The maximum absolute atomic E-state index is 11.7. The van der Waals surface area contributed by atoms with Crippen LogP contribution in [0.4, 0.5) is 0 Å². The van der Waals surface area contributed by atoms with E-state index in [9.17, 15) is 19.8 Å². The van der Waals surface area contributed by atoms with Crippen molar-refractivity contribution >= 4 is 11.9 Å². The number of rotatable bonds is 4. The maximum Gasteiger partial charge on any atom is 0.311 e. The average molecular weight is 328 g/mol. The van der Waals surface area contributed by atoms with E-state index in [4.69, 9.17) is 15.2 Å². The summed E-state index contributed by atoms with van der Waals surface area (Å²) in [6.07, 6.45) is -3.44. The number of ether oxygens (including phenoxy) is 2. The highest BCUT2D eigenvalue weighted by molar-refractivity contribution is 5.88. The van der Waals surface area contributed by atoms with Gasteiger partial charge in [-0.3, -0.25) is 9.59 Å². The number of hydrogen-bond donors (Lipinski definition) is 3. The summed E-state index contributed by atoms with van der Waals surface area (Å²) >= 11 is 0. The van der Waals surface area contributed by atoms with Crippen molar-refractivity contribution in [3.8, 4) is 0 Å². The van der Waals surface area contributed by atoms with Crippen LogP contribution in [0.1, 0.15) is 37.6 Å². The van der Waals surface area contributed by atoms with Gasteiger partial charge in [-0.05, 0) is 20.8 Å². The van der Waals surface area contributed by atoms with E-state index in [2.05, 4.69) is 10.1 Å². The molecule has 0 spiro atoms. The lowest BCUT2D eigenvalue weighted by Crippen LogP contribution is -2.35. The predicted molar refractivity (Wildman–Crippen MR) is 74.9 cm³/mol. The highest BCUT2D eigenvalue weighted by Crippen LogP contribution is 2.29. The maximum atomic E-state index is 11.7. The van der Waals surface area contributed by atoms with Crippen molar-refractivity contribution in [2.24, 2.45) is 11.1 Å². The minimum Gasteiger partial charge on any atom is -0.462 e. The first kappa shape index (κ1) is 17.3. The fourth-order valence-electron chi connectivity index (χ4n) is 1.97. The van der Waals surface area contributed by atoms with Crippen molar-refractivity contribution in [2.45, 2.75) is 45.3 Å². The Bertz CT molecular complexity index is 596. The second-order valence-electron chi connectivity index (χ2n) is 6.31. The van der Waals surface area contributed by atoms with Crippen LogP contribution in [0.3, 0.4) is 0 Å². The minimum absolute atomic E-state index is 0.220. The fourth-order valence-corrected chi connectivity index (χ4v) is 1.97. The number of aromatic nitrogens is 3. The molecule has 2 rings (SSSR count). The van der Waals surface area contributed by atoms with E-state index in [1.807, 2.05) is 0 Å². The molecule has 0 aromatic carbocycles. The summed E-state index contributed by atoms with van der Waals surface area (Å²) in [5.41, 5.74) is 4.36. The molecule has 1 saturated heterocycles. The van der Waals surface area contributed by atoms with Gasteiger partial charge in [0.1, 0.15) is 31.2 Å². The zero-order valence-electron chi connectivity index (χ0n) is 13.0. The molecular formula is C13H20N4O6. The molecule has 10 nitrogen and oxygen atoms in total. The summed E-state index contributed by atoms with van der Waals surface area (Å²) in [6, 6.07) is 0. The van der Waals surface area contributed by atoms with Gasteiger partial charge in [0.2, 0.25) is 5.82 Å². The highest BCUT2D eigenvalue weighted by Gasteiger charge is 2.45. The summed E-state index contributed by atoms with van der Waals surface area (Å²) in [6.45, 7) is 4.86. The molecule has 1 aliphatic rings. The molecule has 4 N–H and O–H groups in total. The van der Waals surface area contributed by atoms with Gasteiger partial charge >= 0.3 is 5.97 Å². The van der Waals surface area contributed by atoms with Gasteiger partial charge in [0.05, 0.1) is 5.41 Å². The number of primary amides is 1. The van der Waals surface area contributed by atoms with Crippen LogP contribution in [-0.2, 0) is 14.3 Å². The second-order valence-corrected chi connectivity index (χ2v) is 6.31. The molecule has 4 atom stereocenters. The lowest BCUT2D eigenvalue weighted by atomic mass is 9.97. The van der Waals surface area contributed by atoms with Gasteiger partial charge in [0.25, 0.3) is 5.91 Å². The molecule has 0 saturated carbocycles. The van der Waals surface area contributed by atoms with Crippen molar-refractivity contribution < 1.29 is 29.3 Å².